The van der Waals surface area contributed by atoms with Crippen LogP contribution < -0.4 is 11.5 Å². The molecule has 0 aromatic heterocycles. The number of nitrogens with two attached hydrogens (primary N) is 2. The zero-order valence-corrected chi connectivity index (χ0v) is 28.9. The summed E-state index contributed by atoms with van der Waals surface area (Å²) in [7, 11) is 0. The molecule has 0 aliphatic heterocycles. The molecule has 0 heterocycles. The molecule has 0 aliphatic carbocycles. The maximum atomic E-state index is 13.2. The molecule has 6 aromatic carbocycles. The number of carbonyl (C=O) groups is 1. The molecule has 0 bridgehead atoms. The minimum Gasteiger partial charge on any atom is -0.507 e. The van der Waals surface area contributed by atoms with Gasteiger partial charge in [0.05, 0.1) is 11.1 Å². The topological polar surface area (TPSA) is 110 Å². The van der Waals surface area contributed by atoms with Gasteiger partial charge >= 0.3 is 19.5 Å². The third kappa shape index (κ3) is 9.34. The summed E-state index contributed by atoms with van der Waals surface area (Å²) in [6.07, 6.45) is 0. The summed E-state index contributed by atoms with van der Waals surface area (Å²) >= 11 is 0. The van der Waals surface area contributed by atoms with Crippen molar-refractivity contribution >= 4 is 27.3 Å². The van der Waals surface area contributed by atoms with Crippen LogP contribution in [0, 0.1) is 13.8 Å². The van der Waals surface area contributed by atoms with Crippen LogP contribution in [0.1, 0.15) is 60.4 Å². The number of fused-ring (bicyclic) bond motifs is 2. The first kappa shape index (κ1) is 39.7. The van der Waals surface area contributed by atoms with Crippen LogP contribution in [0.3, 0.4) is 0 Å². The van der Waals surface area contributed by atoms with E-state index in [0.717, 1.165) is 21.9 Å². The van der Waals surface area contributed by atoms with E-state index >= 15 is 0 Å². The number of benzene rings is 6. The van der Waals surface area contributed by atoms with E-state index in [0.29, 0.717) is 10.8 Å². The van der Waals surface area contributed by atoms with Crippen molar-refractivity contribution in [3.8, 4) is 11.5 Å². The molecule has 0 fully saturated rings. The SMILES string of the molecule is C.NC(c1ccccc1)C(N)c1ccccc1.O=C(c1c(O)ccc2ccccc12)c1c(O)ccc2ccccc12.[CH2-]C.[CH2-]C.[Zn+2]. The number of hydrogen-bond acceptors (Lipinski definition) is 5. The number of hydrogen-bond donors (Lipinski definition) is 4. The van der Waals surface area contributed by atoms with Crippen LogP contribution in [0.15, 0.2) is 133 Å². The minimum absolute atomic E-state index is 0. The normalized spacial score (nSPS) is 11.0. The molecule has 5 nitrogen and oxygen atoms in total. The summed E-state index contributed by atoms with van der Waals surface area (Å²) in [4.78, 5) is 13.2. The van der Waals surface area contributed by atoms with Crippen LogP contribution in [0.2, 0.25) is 0 Å². The van der Waals surface area contributed by atoms with E-state index in [1.54, 1.807) is 38.1 Å². The van der Waals surface area contributed by atoms with Gasteiger partial charge in [-0.1, -0.05) is 129 Å². The van der Waals surface area contributed by atoms with Gasteiger partial charge in [-0.2, -0.15) is 13.8 Å². The van der Waals surface area contributed by atoms with E-state index in [2.05, 4.69) is 13.8 Å². The van der Waals surface area contributed by atoms with E-state index < -0.39 is 5.78 Å². The van der Waals surface area contributed by atoms with Gasteiger partial charge < -0.3 is 35.5 Å². The molecule has 0 saturated heterocycles. The average Bonchev–Trinajstić information content (AvgIpc) is 3.10. The van der Waals surface area contributed by atoms with Crippen molar-refractivity contribution in [1.82, 2.24) is 0 Å². The summed E-state index contributed by atoms with van der Waals surface area (Å²) < 4.78 is 0. The van der Waals surface area contributed by atoms with E-state index in [-0.39, 0.29) is 61.6 Å². The second-order valence-corrected chi connectivity index (χ2v) is 9.56. The Morgan fingerprint density at radius 1 is 0.522 bits per heavy atom. The maximum Gasteiger partial charge on any atom is 2.00 e. The molecule has 46 heavy (non-hydrogen) atoms. The summed E-state index contributed by atoms with van der Waals surface area (Å²) in [5.74, 6) is -0.573. The first-order chi connectivity index (χ1) is 21.5. The van der Waals surface area contributed by atoms with Gasteiger partial charge in [-0.15, -0.1) is 0 Å². The predicted molar refractivity (Wildman–Crippen MR) is 190 cm³/mol. The van der Waals surface area contributed by atoms with E-state index in [4.69, 9.17) is 11.5 Å². The average molecular weight is 666 g/mol. The fourth-order valence-corrected chi connectivity index (χ4v) is 4.89. The fraction of sp³-hybridized carbons (Fsp3) is 0.125. The van der Waals surface area contributed by atoms with Crippen LogP contribution in [0.5, 0.6) is 11.5 Å². The van der Waals surface area contributed by atoms with Gasteiger partial charge in [-0.05, 0) is 44.8 Å². The molecule has 2 unspecified atom stereocenters. The molecule has 6 N–H and O–H groups in total. The molecule has 6 aromatic rings. The van der Waals surface area contributed by atoms with Gasteiger partial charge in [0, 0.05) is 12.1 Å². The van der Waals surface area contributed by atoms with Crippen molar-refractivity contribution < 1.29 is 34.5 Å². The molecule has 0 amide bonds. The van der Waals surface area contributed by atoms with E-state index in [1.165, 1.54) is 12.1 Å². The Bertz CT molecular complexity index is 1650. The molecule has 6 heteroatoms. The van der Waals surface area contributed by atoms with Crippen LogP contribution in [0.25, 0.3) is 21.5 Å². The third-order valence-corrected chi connectivity index (χ3v) is 7.02. The largest absolute Gasteiger partial charge is 2.00 e. The Labute approximate surface area is 286 Å². The Balaban J connectivity index is 0.000000423. The smallest absolute Gasteiger partial charge is 0.507 e. The van der Waals surface area contributed by atoms with Crippen molar-refractivity contribution in [2.75, 3.05) is 0 Å². The zero-order chi connectivity index (χ0) is 32.1. The molecule has 2 atom stereocenters. The standard InChI is InChI=1S/C21H14O3.C14H16N2.2C2H5.CH4.Zn/c22-17-11-9-13-5-1-3-7-15(13)19(17)21(24)20-16-8-4-2-6-14(16)10-12-18(20)23;15-13(11-7-3-1-4-8-11)14(16)12-9-5-2-6-10-12;2*1-2;;/h1-12,22-23H;1-10,13-14H,15-16H2;2*1H2,2H3;1H4;/q;;2*-1;;+2. The van der Waals surface area contributed by atoms with E-state index in [1.807, 2.05) is 97.1 Å². The molecule has 234 valence electrons. The Hall–Kier alpha value is -4.35. The fourth-order valence-electron chi connectivity index (χ4n) is 4.89. The second-order valence-electron chi connectivity index (χ2n) is 9.56. The van der Waals surface area contributed by atoms with Gasteiger partial charge in [-0.3, -0.25) is 4.79 Å². The maximum absolute atomic E-state index is 13.2. The molecular formula is C40H44N2O3Zn. The third-order valence-electron chi connectivity index (χ3n) is 7.02. The van der Waals surface area contributed by atoms with Crippen molar-refractivity contribution in [1.29, 1.82) is 0 Å². The summed E-state index contributed by atoms with van der Waals surface area (Å²) in [6, 6.07) is 40.9. The van der Waals surface area contributed by atoms with E-state index in [9.17, 15) is 15.0 Å². The molecular weight excluding hydrogens is 622 g/mol. The Morgan fingerprint density at radius 2 is 0.826 bits per heavy atom. The van der Waals surface area contributed by atoms with Gasteiger partial charge in [-0.25, -0.2) is 0 Å². The number of phenols is 2. The predicted octanol–water partition coefficient (Wildman–Crippen LogP) is 9.34. The molecule has 6 rings (SSSR count). The Kier molecular flexibility index (Phi) is 17.2. The van der Waals surface area contributed by atoms with Crippen LogP contribution in [0.4, 0.5) is 0 Å². The van der Waals surface area contributed by atoms with Crippen LogP contribution in [-0.2, 0) is 19.5 Å². The van der Waals surface area contributed by atoms with Crippen LogP contribution in [-0.4, -0.2) is 16.0 Å². The first-order valence-electron chi connectivity index (χ1n) is 14.4. The van der Waals surface area contributed by atoms with Crippen molar-refractivity contribution in [3.05, 3.63) is 170 Å². The van der Waals surface area contributed by atoms with Crippen molar-refractivity contribution in [2.45, 2.75) is 33.4 Å². The number of rotatable bonds is 5. The number of carbonyl (C=O) groups excluding carboxylic acids is 1. The van der Waals surface area contributed by atoms with Gasteiger partial charge in [0.15, 0.2) is 0 Å². The zero-order valence-electron chi connectivity index (χ0n) is 25.9. The van der Waals surface area contributed by atoms with Crippen LogP contribution >= 0.6 is 0 Å². The second kappa shape index (κ2) is 19.9. The van der Waals surface area contributed by atoms with Crippen molar-refractivity contribution in [3.63, 3.8) is 0 Å². The van der Waals surface area contributed by atoms with Gasteiger partial charge in [0.2, 0.25) is 5.78 Å². The quantitative estimate of drug-likeness (QED) is 0.0833. The summed E-state index contributed by atoms with van der Waals surface area (Å²) in [5.41, 5.74) is 14.8. The number of phenolic OH excluding ortho intramolecular Hbond substituents is 2. The molecule has 0 aliphatic rings. The number of aromatic hydroxyl groups is 2. The molecule has 0 spiro atoms. The van der Waals surface area contributed by atoms with Gasteiger partial charge in [0.1, 0.15) is 11.5 Å². The van der Waals surface area contributed by atoms with Gasteiger partial charge in [0.25, 0.3) is 0 Å². The molecule has 0 saturated carbocycles. The molecule has 0 radical (unpaired) electrons. The summed E-state index contributed by atoms with van der Waals surface area (Å²) in [5, 5.41) is 23.6. The summed E-state index contributed by atoms with van der Waals surface area (Å²) in [6.45, 7) is 10.0. The monoisotopic (exact) mass is 664 g/mol. The number of ketones is 1. The Morgan fingerprint density at radius 3 is 1.17 bits per heavy atom. The minimum atomic E-state index is -0.390. The van der Waals surface area contributed by atoms with Crippen molar-refractivity contribution in [2.24, 2.45) is 11.5 Å². The first-order valence-corrected chi connectivity index (χ1v) is 14.4.